The number of barbiturate groups is 1. The monoisotopic (exact) mass is 248 g/mol. The van der Waals surface area contributed by atoms with Crippen LogP contribution in [0.25, 0.3) is 0 Å². The number of phenols is 1. The van der Waals surface area contributed by atoms with E-state index in [1.54, 1.807) is 0 Å². The predicted molar refractivity (Wildman–Crippen MR) is 57.6 cm³/mol. The fourth-order valence-electron chi connectivity index (χ4n) is 1.55. The summed E-state index contributed by atoms with van der Waals surface area (Å²) in [5.74, 6) is -4.28. The average molecular weight is 248 g/mol. The number of Topliss-reactive ketones (excluding diaryl/α,β-unsaturated/α-hetero) is 1. The Labute approximate surface area is 101 Å². The first-order chi connectivity index (χ1) is 8.49. The molecular weight excluding hydrogens is 240 g/mol. The van der Waals surface area contributed by atoms with Crippen LogP contribution in [0.2, 0.25) is 0 Å². The third kappa shape index (κ3) is 2.05. The molecule has 1 heterocycles. The second-order valence-corrected chi connectivity index (χ2v) is 3.65. The number of phenolic OH excluding ortho intramolecular Hbond substituents is 1. The number of urea groups is 1. The zero-order valence-corrected chi connectivity index (χ0v) is 8.97. The molecule has 1 fully saturated rings. The summed E-state index contributed by atoms with van der Waals surface area (Å²) in [7, 11) is 0. The highest BCUT2D eigenvalue weighted by molar-refractivity contribution is 6.29. The number of imide groups is 2. The normalized spacial score (nSPS) is 16.1. The van der Waals surface area contributed by atoms with Gasteiger partial charge in [0, 0.05) is 5.56 Å². The summed E-state index contributed by atoms with van der Waals surface area (Å²) in [5, 5.41) is 12.8. The van der Waals surface area contributed by atoms with E-state index in [-0.39, 0.29) is 11.3 Å². The van der Waals surface area contributed by atoms with Gasteiger partial charge in [-0.2, -0.15) is 0 Å². The molecular formula is C11H8N2O5. The van der Waals surface area contributed by atoms with E-state index in [2.05, 4.69) is 0 Å². The molecule has 0 atom stereocenters. The van der Waals surface area contributed by atoms with Gasteiger partial charge in [-0.15, -0.1) is 0 Å². The van der Waals surface area contributed by atoms with E-state index in [0.29, 0.717) is 0 Å². The molecule has 0 spiro atoms. The van der Waals surface area contributed by atoms with Crippen LogP contribution in [-0.2, 0) is 9.59 Å². The zero-order valence-electron chi connectivity index (χ0n) is 8.97. The van der Waals surface area contributed by atoms with Gasteiger partial charge in [-0.3, -0.25) is 25.0 Å². The summed E-state index contributed by atoms with van der Waals surface area (Å²) in [6.07, 6.45) is 0. The van der Waals surface area contributed by atoms with Crippen LogP contribution < -0.4 is 10.6 Å². The van der Waals surface area contributed by atoms with E-state index < -0.39 is 29.5 Å². The molecule has 1 aromatic carbocycles. The van der Waals surface area contributed by atoms with Gasteiger partial charge in [-0.05, 0) is 24.3 Å². The summed E-state index contributed by atoms with van der Waals surface area (Å²) >= 11 is 0. The number of hydrogen-bond acceptors (Lipinski definition) is 5. The molecule has 0 saturated carbocycles. The van der Waals surface area contributed by atoms with Gasteiger partial charge in [0.2, 0.25) is 11.8 Å². The van der Waals surface area contributed by atoms with Gasteiger partial charge < -0.3 is 5.11 Å². The molecule has 7 heteroatoms. The first-order valence-corrected chi connectivity index (χ1v) is 4.98. The first kappa shape index (κ1) is 11.8. The number of carbonyl (C=O) groups excluding carboxylic acids is 4. The first-order valence-electron chi connectivity index (χ1n) is 4.98. The van der Waals surface area contributed by atoms with Crippen molar-refractivity contribution >= 4 is 23.6 Å². The summed E-state index contributed by atoms with van der Waals surface area (Å²) in [6.45, 7) is 0. The topological polar surface area (TPSA) is 113 Å². The Morgan fingerprint density at radius 3 is 2.00 bits per heavy atom. The SMILES string of the molecule is O=C1NC(=O)C(C(=O)c2ccc(O)cc2)C(=O)N1. The summed E-state index contributed by atoms with van der Waals surface area (Å²) in [5.41, 5.74) is 0.0949. The maximum Gasteiger partial charge on any atom is 0.328 e. The fourth-order valence-corrected chi connectivity index (χ4v) is 1.55. The second kappa shape index (κ2) is 4.28. The lowest BCUT2D eigenvalue weighted by Gasteiger charge is -2.19. The third-order valence-electron chi connectivity index (χ3n) is 2.41. The van der Waals surface area contributed by atoms with Gasteiger partial charge in [0.05, 0.1) is 0 Å². The minimum Gasteiger partial charge on any atom is -0.508 e. The Morgan fingerprint density at radius 1 is 1.00 bits per heavy atom. The molecule has 3 N–H and O–H groups in total. The molecule has 0 unspecified atom stereocenters. The van der Waals surface area contributed by atoms with Crippen molar-refractivity contribution in [1.29, 1.82) is 0 Å². The molecule has 2 rings (SSSR count). The number of hydrogen-bond donors (Lipinski definition) is 3. The van der Waals surface area contributed by atoms with Gasteiger partial charge in [0.1, 0.15) is 5.75 Å². The quantitative estimate of drug-likeness (QED) is 0.485. The smallest absolute Gasteiger partial charge is 0.328 e. The Hall–Kier alpha value is -2.70. The van der Waals surface area contributed by atoms with Crippen LogP contribution >= 0.6 is 0 Å². The molecule has 18 heavy (non-hydrogen) atoms. The van der Waals surface area contributed by atoms with Crippen molar-refractivity contribution in [2.45, 2.75) is 0 Å². The lowest BCUT2D eigenvalue weighted by atomic mass is 9.95. The van der Waals surface area contributed by atoms with Crippen molar-refractivity contribution in [1.82, 2.24) is 10.6 Å². The van der Waals surface area contributed by atoms with Crippen molar-refractivity contribution in [3.05, 3.63) is 29.8 Å². The van der Waals surface area contributed by atoms with Crippen molar-refractivity contribution in [3.8, 4) is 5.75 Å². The van der Waals surface area contributed by atoms with E-state index in [9.17, 15) is 19.2 Å². The lowest BCUT2D eigenvalue weighted by molar-refractivity contribution is -0.133. The molecule has 0 aromatic heterocycles. The molecule has 0 aliphatic carbocycles. The van der Waals surface area contributed by atoms with Crippen LogP contribution in [0.1, 0.15) is 10.4 Å². The summed E-state index contributed by atoms with van der Waals surface area (Å²) in [4.78, 5) is 45.6. The van der Waals surface area contributed by atoms with E-state index >= 15 is 0 Å². The number of carbonyl (C=O) groups is 4. The van der Waals surface area contributed by atoms with Gasteiger partial charge in [0.15, 0.2) is 11.7 Å². The molecule has 1 aliphatic heterocycles. The zero-order chi connectivity index (χ0) is 13.3. The molecule has 1 aliphatic rings. The largest absolute Gasteiger partial charge is 0.508 e. The Kier molecular flexibility index (Phi) is 2.80. The number of aromatic hydroxyl groups is 1. The predicted octanol–water partition coefficient (Wildman–Crippen LogP) is -0.443. The van der Waals surface area contributed by atoms with Gasteiger partial charge in [-0.1, -0.05) is 0 Å². The van der Waals surface area contributed by atoms with Gasteiger partial charge >= 0.3 is 6.03 Å². The van der Waals surface area contributed by atoms with Crippen molar-refractivity contribution in [3.63, 3.8) is 0 Å². The number of amides is 4. The lowest BCUT2D eigenvalue weighted by Crippen LogP contribution is -2.57. The summed E-state index contributed by atoms with van der Waals surface area (Å²) in [6, 6.07) is 4.15. The molecule has 1 saturated heterocycles. The maximum absolute atomic E-state index is 11.9. The van der Waals surface area contributed by atoms with Crippen molar-refractivity contribution in [2.75, 3.05) is 0 Å². The third-order valence-corrected chi connectivity index (χ3v) is 2.41. The minimum atomic E-state index is -1.59. The molecule has 1 aromatic rings. The van der Waals surface area contributed by atoms with Crippen LogP contribution in [0.5, 0.6) is 5.75 Å². The second-order valence-electron chi connectivity index (χ2n) is 3.65. The highest BCUT2D eigenvalue weighted by atomic mass is 16.3. The number of benzene rings is 1. The van der Waals surface area contributed by atoms with Crippen LogP contribution in [-0.4, -0.2) is 28.7 Å². The maximum atomic E-state index is 11.9. The van der Waals surface area contributed by atoms with Crippen molar-refractivity contribution in [2.24, 2.45) is 5.92 Å². The average Bonchev–Trinajstić information content (AvgIpc) is 2.28. The standard InChI is InChI=1S/C11H8N2O5/c14-6-3-1-5(2-4-6)8(15)7-9(16)12-11(18)13-10(7)17/h1-4,7,14H,(H2,12,13,16,17,18). The Morgan fingerprint density at radius 2 is 1.50 bits per heavy atom. The van der Waals surface area contributed by atoms with E-state index in [4.69, 9.17) is 5.11 Å². The highest BCUT2D eigenvalue weighted by Crippen LogP contribution is 2.15. The molecule has 92 valence electrons. The van der Waals surface area contributed by atoms with E-state index in [1.165, 1.54) is 24.3 Å². The van der Waals surface area contributed by atoms with Crippen LogP contribution in [0.3, 0.4) is 0 Å². The Bertz CT molecular complexity index is 529. The van der Waals surface area contributed by atoms with Crippen LogP contribution in [0.15, 0.2) is 24.3 Å². The Balaban J connectivity index is 2.28. The summed E-state index contributed by atoms with van der Waals surface area (Å²) < 4.78 is 0. The van der Waals surface area contributed by atoms with Crippen LogP contribution in [0.4, 0.5) is 4.79 Å². The number of ketones is 1. The number of nitrogens with one attached hydrogen (secondary N) is 2. The minimum absolute atomic E-state index is 0.0423. The molecule has 0 radical (unpaired) electrons. The number of rotatable bonds is 2. The molecule has 0 bridgehead atoms. The van der Waals surface area contributed by atoms with Gasteiger partial charge in [-0.25, -0.2) is 4.79 Å². The highest BCUT2D eigenvalue weighted by Gasteiger charge is 2.40. The van der Waals surface area contributed by atoms with E-state index in [1.807, 2.05) is 10.6 Å². The van der Waals surface area contributed by atoms with Crippen molar-refractivity contribution < 1.29 is 24.3 Å². The van der Waals surface area contributed by atoms with E-state index in [0.717, 1.165) is 0 Å². The fraction of sp³-hybridized carbons (Fsp3) is 0.0909. The van der Waals surface area contributed by atoms with Crippen LogP contribution in [0, 0.1) is 5.92 Å². The molecule has 4 amide bonds. The molecule has 7 nitrogen and oxygen atoms in total. The van der Waals surface area contributed by atoms with Gasteiger partial charge in [0.25, 0.3) is 0 Å².